The lowest BCUT2D eigenvalue weighted by molar-refractivity contribution is -0.116. The molecular weight excluding hydrogens is 322 g/mol. The zero-order valence-corrected chi connectivity index (χ0v) is 14.1. The van der Waals surface area contributed by atoms with Crippen molar-refractivity contribution in [3.8, 4) is 23.0 Å². The highest BCUT2D eigenvalue weighted by atomic mass is 16.6. The molecule has 2 aromatic carbocycles. The summed E-state index contributed by atoms with van der Waals surface area (Å²) in [6, 6.07) is 9.50. The molecule has 1 atom stereocenters. The molecule has 0 radical (unpaired) electrons. The molecular formula is C19H19NO5. The first-order chi connectivity index (χ1) is 12.2. The van der Waals surface area contributed by atoms with E-state index in [0.717, 1.165) is 16.8 Å². The number of benzene rings is 2. The van der Waals surface area contributed by atoms with Crippen LogP contribution in [0.5, 0.6) is 23.0 Å². The maximum Gasteiger partial charge on any atom is 0.225 e. The Morgan fingerprint density at radius 1 is 1.04 bits per heavy atom. The Balaban J connectivity index is 1.86. The van der Waals surface area contributed by atoms with Crippen LogP contribution in [-0.2, 0) is 4.79 Å². The quantitative estimate of drug-likeness (QED) is 0.930. The van der Waals surface area contributed by atoms with Gasteiger partial charge < -0.3 is 24.3 Å². The number of rotatable bonds is 3. The number of hydrogen-bond acceptors (Lipinski definition) is 5. The number of methoxy groups -OCH3 is 2. The van der Waals surface area contributed by atoms with Crippen LogP contribution in [0.3, 0.4) is 0 Å². The van der Waals surface area contributed by atoms with E-state index in [9.17, 15) is 4.79 Å². The van der Waals surface area contributed by atoms with Gasteiger partial charge in [-0.25, -0.2) is 0 Å². The number of amides is 1. The molecule has 0 saturated carbocycles. The molecule has 6 nitrogen and oxygen atoms in total. The van der Waals surface area contributed by atoms with E-state index in [2.05, 4.69) is 5.32 Å². The maximum absolute atomic E-state index is 12.3. The van der Waals surface area contributed by atoms with E-state index < -0.39 is 0 Å². The molecule has 1 N–H and O–H groups in total. The van der Waals surface area contributed by atoms with Gasteiger partial charge >= 0.3 is 0 Å². The average molecular weight is 341 g/mol. The normalized spacial score (nSPS) is 18.2. The van der Waals surface area contributed by atoms with Gasteiger partial charge in [-0.2, -0.15) is 0 Å². The van der Waals surface area contributed by atoms with E-state index in [0.29, 0.717) is 42.6 Å². The summed E-state index contributed by atoms with van der Waals surface area (Å²) in [5.74, 6) is 2.45. The summed E-state index contributed by atoms with van der Waals surface area (Å²) in [4.78, 5) is 12.3. The zero-order chi connectivity index (χ0) is 17.4. The summed E-state index contributed by atoms with van der Waals surface area (Å²) in [6.07, 6.45) is 0.330. The molecule has 1 amide bonds. The number of hydrogen-bond donors (Lipinski definition) is 1. The average Bonchev–Trinajstić information content (AvgIpc) is 2.65. The van der Waals surface area contributed by atoms with E-state index >= 15 is 0 Å². The second kappa shape index (κ2) is 6.20. The number of carbonyl (C=O) groups is 1. The highest BCUT2D eigenvalue weighted by molar-refractivity contribution is 5.96. The fourth-order valence-electron chi connectivity index (χ4n) is 3.46. The minimum atomic E-state index is -0.148. The Bertz CT molecular complexity index is 833. The van der Waals surface area contributed by atoms with Crippen molar-refractivity contribution in [2.24, 2.45) is 0 Å². The van der Waals surface area contributed by atoms with Gasteiger partial charge in [0.05, 0.1) is 14.2 Å². The van der Waals surface area contributed by atoms with Crippen molar-refractivity contribution in [2.75, 3.05) is 32.8 Å². The predicted octanol–water partition coefficient (Wildman–Crippen LogP) is 2.95. The molecule has 0 bridgehead atoms. The fourth-order valence-corrected chi connectivity index (χ4v) is 3.46. The van der Waals surface area contributed by atoms with Crippen molar-refractivity contribution >= 4 is 11.6 Å². The lowest BCUT2D eigenvalue weighted by Gasteiger charge is -2.29. The van der Waals surface area contributed by atoms with Crippen LogP contribution in [0.2, 0.25) is 0 Å². The van der Waals surface area contributed by atoms with Crippen molar-refractivity contribution in [3.05, 3.63) is 41.5 Å². The summed E-state index contributed by atoms with van der Waals surface area (Å²) in [5.41, 5.74) is 2.64. The summed E-state index contributed by atoms with van der Waals surface area (Å²) in [7, 11) is 3.21. The Labute approximate surface area is 145 Å². The molecule has 0 aliphatic carbocycles. The molecule has 4 rings (SSSR count). The number of fused-ring (bicyclic) bond motifs is 2. The smallest absolute Gasteiger partial charge is 0.225 e. The number of para-hydroxylation sites is 1. The van der Waals surface area contributed by atoms with E-state index in [1.54, 1.807) is 14.2 Å². The highest BCUT2D eigenvalue weighted by Gasteiger charge is 2.31. The van der Waals surface area contributed by atoms with Crippen LogP contribution in [0.25, 0.3) is 0 Å². The highest BCUT2D eigenvalue weighted by Crippen LogP contribution is 2.47. The summed E-state index contributed by atoms with van der Waals surface area (Å²) < 4.78 is 22.3. The molecule has 0 unspecified atom stereocenters. The maximum atomic E-state index is 12.3. The second-order valence-corrected chi connectivity index (χ2v) is 5.97. The van der Waals surface area contributed by atoms with Crippen molar-refractivity contribution < 1.29 is 23.7 Å². The van der Waals surface area contributed by atoms with Crippen LogP contribution < -0.4 is 24.3 Å². The number of anilines is 1. The molecule has 0 spiro atoms. The lowest BCUT2D eigenvalue weighted by Crippen LogP contribution is -2.25. The Kier molecular flexibility index (Phi) is 3.87. The van der Waals surface area contributed by atoms with Gasteiger partial charge in [-0.05, 0) is 17.7 Å². The third-order valence-corrected chi connectivity index (χ3v) is 4.56. The Hall–Kier alpha value is -2.89. The Morgan fingerprint density at radius 3 is 2.52 bits per heavy atom. The third kappa shape index (κ3) is 2.63. The van der Waals surface area contributed by atoms with Crippen molar-refractivity contribution in [3.63, 3.8) is 0 Å². The summed E-state index contributed by atoms with van der Waals surface area (Å²) in [6.45, 7) is 1.03. The number of nitrogens with one attached hydrogen (secondary N) is 1. The molecule has 25 heavy (non-hydrogen) atoms. The van der Waals surface area contributed by atoms with Gasteiger partial charge in [0.2, 0.25) is 5.91 Å². The summed E-state index contributed by atoms with van der Waals surface area (Å²) in [5, 5.41) is 2.93. The van der Waals surface area contributed by atoms with Crippen molar-refractivity contribution in [2.45, 2.75) is 12.3 Å². The van der Waals surface area contributed by atoms with E-state index in [1.807, 2.05) is 30.3 Å². The van der Waals surface area contributed by atoms with Gasteiger partial charge in [0.15, 0.2) is 23.0 Å². The van der Waals surface area contributed by atoms with Crippen LogP contribution in [0, 0.1) is 0 Å². The standard InChI is InChI=1S/C19H19NO5/c1-22-15-5-3-4-11(19(15)23-2)12-9-18(21)20-14-10-17-16(8-13(12)14)24-6-7-25-17/h3-5,8,10,12H,6-7,9H2,1-2H3,(H,20,21)/t12-/m0/s1. The monoisotopic (exact) mass is 341 g/mol. The molecule has 0 saturated heterocycles. The number of ether oxygens (including phenoxy) is 4. The lowest BCUT2D eigenvalue weighted by atomic mass is 9.84. The minimum Gasteiger partial charge on any atom is -0.493 e. The van der Waals surface area contributed by atoms with Crippen molar-refractivity contribution in [1.29, 1.82) is 0 Å². The minimum absolute atomic E-state index is 0.0425. The van der Waals surface area contributed by atoms with Gasteiger partial charge in [0, 0.05) is 29.7 Å². The molecule has 130 valence electrons. The van der Waals surface area contributed by atoms with E-state index in [4.69, 9.17) is 18.9 Å². The first kappa shape index (κ1) is 15.6. The van der Waals surface area contributed by atoms with Gasteiger partial charge in [-0.3, -0.25) is 4.79 Å². The molecule has 2 aromatic rings. The van der Waals surface area contributed by atoms with E-state index in [-0.39, 0.29) is 11.8 Å². The van der Waals surface area contributed by atoms with Crippen LogP contribution >= 0.6 is 0 Å². The third-order valence-electron chi connectivity index (χ3n) is 4.56. The van der Waals surface area contributed by atoms with Gasteiger partial charge in [0.25, 0.3) is 0 Å². The van der Waals surface area contributed by atoms with Crippen LogP contribution in [0.15, 0.2) is 30.3 Å². The predicted molar refractivity (Wildman–Crippen MR) is 92.1 cm³/mol. The molecule has 0 fully saturated rings. The molecule has 6 heteroatoms. The van der Waals surface area contributed by atoms with Crippen LogP contribution in [0.1, 0.15) is 23.5 Å². The summed E-state index contributed by atoms with van der Waals surface area (Å²) >= 11 is 0. The zero-order valence-electron chi connectivity index (χ0n) is 14.1. The van der Waals surface area contributed by atoms with Gasteiger partial charge in [-0.15, -0.1) is 0 Å². The van der Waals surface area contributed by atoms with E-state index in [1.165, 1.54) is 0 Å². The first-order valence-electron chi connectivity index (χ1n) is 8.15. The molecule has 2 heterocycles. The van der Waals surface area contributed by atoms with Gasteiger partial charge in [0.1, 0.15) is 13.2 Å². The number of carbonyl (C=O) groups excluding carboxylic acids is 1. The van der Waals surface area contributed by atoms with Crippen molar-refractivity contribution in [1.82, 2.24) is 0 Å². The largest absolute Gasteiger partial charge is 0.493 e. The second-order valence-electron chi connectivity index (χ2n) is 5.97. The van der Waals surface area contributed by atoms with Gasteiger partial charge in [-0.1, -0.05) is 12.1 Å². The SMILES string of the molecule is COc1cccc([C@@H]2CC(=O)Nc3cc4c(cc32)OCCO4)c1OC. The molecule has 2 aliphatic heterocycles. The van der Waals surface area contributed by atoms with Crippen LogP contribution in [0.4, 0.5) is 5.69 Å². The Morgan fingerprint density at radius 2 is 1.80 bits per heavy atom. The van der Waals surface area contributed by atoms with Crippen LogP contribution in [-0.4, -0.2) is 33.3 Å². The molecule has 2 aliphatic rings. The molecule has 0 aromatic heterocycles. The topological polar surface area (TPSA) is 66.0 Å². The first-order valence-corrected chi connectivity index (χ1v) is 8.15. The fraction of sp³-hybridized carbons (Fsp3) is 0.316.